The predicted molar refractivity (Wildman–Crippen MR) is 164 cm³/mol. The Hall–Kier alpha value is -3.63. The Balaban J connectivity index is 1.10. The summed E-state index contributed by atoms with van der Waals surface area (Å²) in [4.78, 5) is 39.3. The minimum atomic E-state index is 0.0932. The van der Waals surface area contributed by atoms with Gasteiger partial charge < -0.3 is 15.1 Å². The van der Waals surface area contributed by atoms with E-state index in [9.17, 15) is 4.79 Å². The maximum absolute atomic E-state index is 13.2. The average Bonchev–Trinajstić information content (AvgIpc) is 3.74. The molecule has 2 atom stereocenters. The number of hydrogen-bond acceptors (Lipinski definition) is 9. The van der Waals surface area contributed by atoms with Crippen LogP contribution < -0.4 is 10.2 Å². The average molecular weight is 569 g/mol. The predicted octanol–water partition coefficient (Wildman–Crippen LogP) is 5.36. The van der Waals surface area contributed by atoms with Crippen LogP contribution in [0, 0.1) is 12.3 Å². The van der Waals surface area contributed by atoms with Crippen molar-refractivity contribution in [3.05, 3.63) is 53.9 Å². The van der Waals surface area contributed by atoms with E-state index < -0.39 is 0 Å². The summed E-state index contributed by atoms with van der Waals surface area (Å²) in [6, 6.07) is 12.8. The maximum Gasteiger partial charge on any atom is 0.253 e. The normalized spacial score (nSPS) is 21.8. The summed E-state index contributed by atoms with van der Waals surface area (Å²) in [5, 5.41) is 4.27. The fourth-order valence-corrected chi connectivity index (χ4v) is 7.45. The molecule has 10 heteroatoms. The zero-order valence-corrected chi connectivity index (χ0v) is 24.9. The number of aryl methyl sites for hydroxylation is 1. The molecule has 0 aliphatic carbocycles. The molecule has 6 heterocycles. The van der Waals surface area contributed by atoms with Crippen molar-refractivity contribution in [2.75, 3.05) is 42.9 Å². The van der Waals surface area contributed by atoms with Crippen LogP contribution in [-0.4, -0.2) is 80.5 Å². The summed E-state index contributed by atoms with van der Waals surface area (Å²) in [6.45, 7) is 13.5. The van der Waals surface area contributed by atoms with Crippen molar-refractivity contribution in [2.24, 2.45) is 5.41 Å². The number of amides is 1. The molecule has 3 aliphatic rings. The Bertz CT molecular complexity index is 1630. The molecular formula is C31H36N8OS. The highest BCUT2D eigenvalue weighted by atomic mass is 32.1. The highest BCUT2D eigenvalue weighted by Crippen LogP contribution is 2.35. The van der Waals surface area contributed by atoms with Crippen LogP contribution in [-0.2, 0) is 0 Å². The number of likely N-dealkylation sites (N-methyl/N-ethyl adjacent to an activating group) is 1. The molecule has 3 saturated heterocycles. The van der Waals surface area contributed by atoms with Crippen molar-refractivity contribution < 1.29 is 4.79 Å². The quantitative estimate of drug-likeness (QED) is 0.333. The van der Waals surface area contributed by atoms with Gasteiger partial charge in [-0.1, -0.05) is 32.9 Å². The molecule has 9 nitrogen and oxygen atoms in total. The van der Waals surface area contributed by atoms with Gasteiger partial charge >= 0.3 is 0 Å². The molecule has 0 unspecified atom stereocenters. The third-order valence-corrected chi connectivity index (χ3v) is 9.77. The van der Waals surface area contributed by atoms with Gasteiger partial charge in [-0.2, -0.15) is 4.98 Å². The first kappa shape index (κ1) is 26.3. The Kier molecular flexibility index (Phi) is 6.43. The van der Waals surface area contributed by atoms with Gasteiger partial charge in [-0.3, -0.25) is 9.69 Å². The second-order valence-corrected chi connectivity index (χ2v) is 13.4. The minimum Gasteiger partial charge on any atom is -0.338 e. The molecule has 1 N–H and O–H groups in total. The molecule has 3 aromatic heterocycles. The number of aromatic nitrogens is 4. The number of anilines is 3. The van der Waals surface area contributed by atoms with E-state index in [0.717, 1.165) is 77.4 Å². The third kappa shape index (κ3) is 5.04. The van der Waals surface area contributed by atoms with Crippen LogP contribution >= 0.6 is 11.3 Å². The largest absolute Gasteiger partial charge is 0.338 e. The number of fused-ring (bicyclic) bond motifs is 3. The first-order valence-corrected chi connectivity index (χ1v) is 15.4. The number of rotatable bonds is 6. The van der Waals surface area contributed by atoms with E-state index in [1.807, 2.05) is 54.4 Å². The molecule has 0 spiro atoms. The number of carbonyl (C=O) groups is 1. The van der Waals surface area contributed by atoms with Crippen molar-refractivity contribution in [1.82, 2.24) is 29.7 Å². The molecule has 41 heavy (non-hydrogen) atoms. The minimum absolute atomic E-state index is 0.0932. The first-order valence-electron chi connectivity index (χ1n) is 14.5. The van der Waals surface area contributed by atoms with Crippen molar-refractivity contribution >= 4 is 45.0 Å². The van der Waals surface area contributed by atoms with Crippen molar-refractivity contribution in [3.63, 3.8) is 0 Å². The van der Waals surface area contributed by atoms with Crippen LogP contribution in [0.25, 0.3) is 20.8 Å². The topological polar surface area (TPSA) is 90.4 Å². The molecule has 3 aliphatic heterocycles. The zero-order valence-electron chi connectivity index (χ0n) is 24.1. The van der Waals surface area contributed by atoms with Crippen LogP contribution in [0.1, 0.15) is 49.7 Å². The van der Waals surface area contributed by atoms with Gasteiger partial charge in [0.05, 0.1) is 10.2 Å². The van der Waals surface area contributed by atoms with Gasteiger partial charge in [-0.25, -0.2) is 15.0 Å². The fourth-order valence-electron chi connectivity index (χ4n) is 6.54. The Labute approximate surface area is 244 Å². The summed E-state index contributed by atoms with van der Waals surface area (Å²) in [7, 11) is 0. The zero-order chi connectivity index (χ0) is 28.3. The van der Waals surface area contributed by atoms with Gasteiger partial charge in [0, 0.05) is 73.4 Å². The van der Waals surface area contributed by atoms with Crippen molar-refractivity contribution in [1.29, 1.82) is 0 Å². The number of pyridine rings is 1. The monoisotopic (exact) mass is 568 g/mol. The van der Waals surface area contributed by atoms with E-state index in [-0.39, 0.29) is 11.3 Å². The van der Waals surface area contributed by atoms with Gasteiger partial charge in [-0.05, 0) is 43.9 Å². The van der Waals surface area contributed by atoms with Gasteiger partial charge in [0.1, 0.15) is 16.6 Å². The number of nitrogens with zero attached hydrogens (tertiary/aromatic N) is 7. The maximum atomic E-state index is 13.2. The van der Waals surface area contributed by atoms with E-state index in [1.54, 1.807) is 11.3 Å². The molecule has 212 valence electrons. The van der Waals surface area contributed by atoms with Gasteiger partial charge in [0.25, 0.3) is 5.91 Å². The summed E-state index contributed by atoms with van der Waals surface area (Å²) in [5.41, 5.74) is 3.63. The molecule has 1 aromatic carbocycles. The number of likely N-dealkylation sites (tertiary alicyclic amines) is 2. The molecular weight excluding hydrogens is 532 g/mol. The lowest BCUT2D eigenvalue weighted by Crippen LogP contribution is -2.46. The van der Waals surface area contributed by atoms with Crippen LogP contribution in [0.3, 0.4) is 0 Å². The SMILES string of the molecule is CCN1C[C@@H]2C[C@H]1CN2c1nc(C)cc(Nc2cc3nc(-c4cccc(C(=O)N5CCC(C)(C)C5)c4)sc3cn2)n1. The molecule has 4 aromatic rings. The molecule has 0 radical (unpaired) electrons. The van der Waals surface area contributed by atoms with Crippen LogP contribution in [0.15, 0.2) is 42.6 Å². The van der Waals surface area contributed by atoms with E-state index in [1.165, 1.54) is 6.42 Å². The van der Waals surface area contributed by atoms with Crippen LogP contribution in [0.4, 0.5) is 17.6 Å². The number of nitrogens with one attached hydrogen (secondary N) is 1. The Morgan fingerprint density at radius 1 is 1.10 bits per heavy atom. The standard InChI is InChI=1S/C31H36N8OS/c1-5-37-16-23-13-22(37)17-39(23)30-33-19(2)11-27(36-30)35-26-14-24-25(15-32-26)41-28(34-24)20-7-6-8-21(12-20)29(40)38-10-9-31(3,4)18-38/h6-8,11-12,14-15,22-23H,5,9-10,13,16-18H2,1-4H3,(H,32,33,35,36)/t22-,23-/m0/s1. The number of benzene rings is 1. The van der Waals surface area contributed by atoms with Crippen LogP contribution in [0.5, 0.6) is 0 Å². The lowest BCUT2D eigenvalue weighted by atomic mass is 9.93. The van der Waals surface area contributed by atoms with Gasteiger partial charge in [0.15, 0.2) is 0 Å². The third-order valence-electron chi connectivity index (χ3n) is 8.71. The highest BCUT2D eigenvalue weighted by molar-refractivity contribution is 7.21. The second kappa shape index (κ2) is 10.0. The molecule has 2 bridgehead atoms. The highest BCUT2D eigenvalue weighted by Gasteiger charge is 2.43. The van der Waals surface area contributed by atoms with Crippen molar-refractivity contribution in [2.45, 2.75) is 52.6 Å². The van der Waals surface area contributed by atoms with Gasteiger partial charge in [-0.15, -0.1) is 11.3 Å². The summed E-state index contributed by atoms with van der Waals surface area (Å²) in [6.07, 6.45) is 4.08. The molecule has 1 amide bonds. The lowest BCUT2D eigenvalue weighted by molar-refractivity contribution is 0.0778. The van der Waals surface area contributed by atoms with E-state index in [0.29, 0.717) is 23.5 Å². The first-order chi connectivity index (χ1) is 19.7. The Morgan fingerprint density at radius 3 is 2.73 bits per heavy atom. The summed E-state index contributed by atoms with van der Waals surface area (Å²) < 4.78 is 0.997. The second-order valence-electron chi connectivity index (χ2n) is 12.4. The van der Waals surface area contributed by atoms with E-state index in [2.05, 4.69) is 40.9 Å². The molecule has 7 rings (SSSR count). The number of hydrogen-bond donors (Lipinski definition) is 1. The van der Waals surface area contributed by atoms with E-state index in [4.69, 9.17) is 15.0 Å². The van der Waals surface area contributed by atoms with Crippen molar-refractivity contribution in [3.8, 4) is 10.6 Å². The van der Waals surface area contributed by atoms with Gasteiger partial charge in [0.2, 0.25) is 5.95 Å². The fraction of sp³-hybridized carbons (Fsp3) is 0.452. The number of thiazole rings is 1. The molecule has 3 fully saturated rings. The molecule has 0 saturated carbocycles. The Morgan fingerprint density at radius 2 is 1.98 bits per heavy atom. The van der Waals surface area contributed by atoms with Crippen LogP contribution in [0.2, 0.25) is 0 Å². The smallest absolute Gasteiger partial charge is 0.253 e. The summed E-state index contributed by atoms with van der Waals surface area (Å²) >= 11 is 1.59. The number of carbonyl (C=O) groups excluding carboxylic acids is 1. The number of piperazine rings is 1. The van der Waals surface area contributed by atoms with E-state index >= 15 is 0 Å². The lowest BCUT2D eigenvalue weighted by Gasteiger charge is -2.33. The summed E-state index contributed by atoms with van der Waals surface area (Å²) in [5.74, 6) is 2.32.